The fourth-order valence-electron chi connectivity index (χ4n) is 2.73. The molecular weight excluding hydrogens is 326 g/mol. The van der Waals surface area contributed by atoms with E-state index in [-0.39, 0.29) is 11.9 Å². The second-order valence-electron chi connectivity index (χ2n) is 5.35. The van der Waals surface area contributed by atoms with Crippen molar-refractivity contribution in [1.29, 1.82) is 0 Å². The number of aromatic amines is 1. The molecule has 0 saturated carbocycles. The summed E-state index contributed by atoms with van der Waals surface area (Å²) in [5, 5.41) is 1.54. The first-order valence-electron chi connectivity index (χ1n) is 6.97. The van der Waals surface area contributed by atoms with Crippen molar-refractivity contribution < 1.29 is 13.6 Å². The molecule has 3 N–H and O–H groups in total. The number of aromatic nitrogens is 1. The van der Waals surface area contributed by atoms with Crippen LogP contribution < -0.4 is 4.72 Å². The molecule has 118 valence electrons. The molecule has 1 unspecified atom stereocenters. The maximum absolute atomic E-state index is 12.5. The summed E-state index contributed by atoms with van der Waals surface area (Å²) in [7, 11) is 0. The van der Waals surface area contributed by atoms with Crippen LogP contribution in [0.3, 0.4) is 0 Å². The van der Waals surface area contributed by atoms with Gasteiger partial charge in [0.15, 0.2) is 0 Å². The lowest BCUT2D eigenvalue weighted by Crippen LogP contribution is -2.45. The van der Waals surface area contributed by atoms with Gasteiger partial charge in [-0.25, -0.2) is 8.93 Å². The Balaban J connectivity index is 1.69. The summed E-state index contributed by atoms with van der Waals surface area (Å²) in [5.74, 6) is -0.0594. The van der Waals surface area contributed by atoms with Crippen molar-refractivity contribution in [2.45, 2.75) is 18.9 Å². The lowest BCUT2D eigenvalue weighted by molar-refractivity contribution is 0.0706. The van der Waals surface area contributed by atoms with Gasteiger partial charge in [0.1, 0.15) is 5.69 Å². The average Bonchev–Trinajstić information content (AvgIpc) is 2.89. The normalized spacial score (nSPS) is 17.8. The summed E-state index contributed by atoms with van der Waals surface area (Å²) in [4.78, 5) is 17.4. The van der Waals surface area contributed by atoms with E-state index in [9.17, 15) is 9.00 Å². The molecule has 1 fully saturated rings. The van der Waals surface area contributed by atoms with Gasteiger partial charge in [0.2, 0.25) is 11.3 Å². The van der Waals surface area contributed by atoms with Gasteiger partial charge in [-0.15, -0.1) is 0 Å². The number of hydrogen-bond acceptors (Lipinski definition) is 2. The number of benzene rings is 1. The zero-order valence-electron chi connectivity index (χ0n) is 11.7. The van der Waals surface area contributed by atoms with E-state index in [2.05, 4.69) is 9.71 Å². The van der Waals surface area contributed by atoms with Gasteiger partial charge in [-0.3, -0.25) is 9.35 Å². The number of fused-ring (bicyclic) bond motifs is 1. The SMILES string of the molecule is O=C(c1cc2cc(Cl)ccc2[nH]1)N1CCC(NS(=O)O)CC1. The molecule has 1 amide bonds. The molecule has 2 heterocycles. The number of amides is 1. The predicted molar refractivity (Wildman–Crippen MR) is 86.1 cm³/mol. The van der Waals surface area contributed by atoms with Crippen molar-refractivity contribution in [3.63, 3.8) is 0 Å². The molecule has 0 radical (unpaired) electrons. The van der Waals surface area contributed by atoms with E-state index >= 15 is 0 Å². The minimum atomic E-state index is -2.01. The van der Waals surface area contributed by atoms with E-state index in [4.69, 9.17) is 16.2 Å². The first-order chi connectivity index (χ1) is 10.5. The molecule has 2 aromatic rings. The van der Waals surface area contributed by atoms with Crippen LogP contribution in [0.2, 0.25) is 5.02 Å². The van der Waals surface area contributed by atoms with E-state index in [0.29, 0.717) is 36.6 Å². The number of carbonyl (C=O) groups is 1. The molecule has 1 aromatic heterocycles. The minimum absolute atomic E-state index is 0.0311. The van der Waals surface area contributed by atoms with E-state index in [1.807, 2.05) is 12.1 Å². The maximum atomic E-state index is 12.5. The fraction of sp³-hybridized carbons (Fsp3) is 0.357. The monoisotopic (exact) mass is 341 g/mol. The Morgan fingerprint density at radius 3 is 2.77 bits per heavy atom. The van der Waals surface area contributed by atoms with Crippen molar-refractivity contribution in [1.82, 2.24) is 14.6 Å². The van der Waals surface area contributed by atoms with Crippen LogP contribution in [0.25, 0.3) is 10.9 Å². The van der Waals surface area contributed by atoms with Crippen LogP contribution in [-0.4, -0.2) is 43.7 Å². The Kier molecular flexibility index (Phi) is 4.49. The van der Waals surface area contributed by atoms with Crippen LogP contribution in [-0.2, 0) is 11.3 Å². The van der Waals surface area contributed by atoms with Gasteiger partial charge >= 0.3 is 0 Å². The molecule has 0 bridgehead atoms. The second-order valence-corrected chi connectivity index (χ2v) is 6.52. The van der Waals surface area contributed by atoms with Crippen molar-refractivity contribution >= 4 is 39.7 Å². The van der Waals surface area contributed by atoms with Gasteiger partial charge in [-0.2, -0.15) is 0 Å². The maximum Gasteiger partial charge on any atom is 0.270 e. The summed E-state index contributed by atoms with van der Waals surface area (Å²) >= 11 is 3.95. The molecule has 8 heteroatoms. The van der Waals surface area contributed by atoms with Crippen molar-refractivity contribution in [3.8, 4) is 0 Å². The number of likely N-dealkylation sites (tertiary alicyclic amines) is 1. The number of hydrogen-bond donors (Lipinski definition) is 3. The lowest BCUT2D eigenvalue weighted by atomic mass is 10.1. The summed E-state index contributed by atoms with van der Waals surface area (Å²) < 4.78 is 22.1. The summed E-state index contributed by atoms with van der Waals surface area (Å²) in [6.07, 6.45) is 1.31. The number of nitrogens with one attached hydrogen (secondary N) is 2. The molecule has 0 spiro atoms. The third-order valence-corrected chi connectivity index (χ3v) is 4.63. The molecule has 22 heavy (non-hydrogen) atoms. The van der Waals surface area contributed by atoms with Crippen LogP contribution >= 0.6 is 11.6 Å². The number of rotatable bonds is 3. The summed E-state index contributed by atoms with van der Waals surface area (Å²) in [5.41, 5.74) is 1.41. The lowest BCUT2D eigenvalue weighted by Gasteiger charge is -2.31. The smallest absolute Gasteiger partial charge is 0.270 e. The molecule has 1 saturated heterocycles. The van der Waals surface area contributed by atoms with Gasteiger partial charge in [-0.05, 0) is 37.1 Å². The second kappa shape index (κ2) is 6.37. The third-order valence-electron chi connectivity index (χ3n) is 3.86. The molecule has 0 aliphatic carbocycles. The van der Waals surface area contributed by atoms with E-state index in [0.717, 1.165) is 10.9 Å². The highest BCUT2D eigenvalue weighted by molar-refractivity contribution is 7.77. The Labute approximate surface area is 135 Å². The fourth-order valence-corrected chi connectivity index (χ4v) is 3.43. The van der Waals surface area contributed by atoms with Gasteiger partial charge in [0.05, 0.1) is 0 Å². The third kappa shape index (κ3) is 3.33. The first-order valence-corrected chi connectivity index (χ1v) is 8.46. The molecule has 1 aliphatic heterocycles. The number of H-pyrrole nitrogens is 1. The minimum Gasteiger partial charge on any atom is -0.351 e. The quantitative estimate of drug-likeness (QED) is 0.748. The first kappa shape index (κ1) is 15.5. The van der Waals surface area contributed by atoms with Crippen LogP contribution in [0.15, 0.2) is 24.3 Å². The topological polar surface area (TPSA) is 85.4 Å². The zero-order chi connectivity index (χ0) is 15.7. The van der Waals surface area contributed by atoms with E-state index in [1.54, 1.807) is 17.0 Å². The van der Waals surface area contributed by atoms with Crippen molar-refractivity contribution in [2.24, 2.45) is 0 Å². The van der Waals surface area contributed by atoms with Gasteiger partial charge in [-0.1, -0.05) is 11.6 Å². The number of halogens is 1. The summed E-state index contributed by atoms with van der Waals surface area (Å²) in [6, 6.07) is 7.21. The highest BCUT2D eigenvalue weighted by atomic mass is 35.5. The van der Waals surface area contributed by atoms with Crippen LogP contribution in [0.4, 0.5) is 0 Å². The Morgan fingerprint density at radius 2 is 2.09 bits per heavy atom. The highest BCUT2D eigenvalue weighted by Gasteiger charge is 2.25. The van der Waals surface area contributed by atoms with Crippen molar-refractivity contribution in [3.05, 3.63) is 35.0 Å². The van der Waals surface area contributed by atoms with Crippen LogP contribution in [0.5, 0.6) is 0 Å². The van der Waals surface area contributed by atoms with Gasteiger partial charge in [0, 0.05) is 35.1 Å². The van der Waals surface area contributed by atoms with Crippen LogP contribution in [0.1, 0.15) is 23.3 Å². The molecular formula is C14H16ClN3O3S. The Morgan fingerprint density at radius 1 is 1.36 bits per heavy atom. The average molecular weight is 342 g/mol. The van der Waals surface area contributed by atoms with E-state index < -0.39 is 11.3 Å². The molecule has 3 rings (SSSR count). The molecule has 6 nitrogen and oxygen atoms in total. The van der Waals surface area contributed by atoms with Crippen LogP contribution in [0, 0.1) is 0 Å². The predicted octanol–water partition coefficient (Wildman–Crippen LogP) is 2.15. The van der Waals surface area contributed by atoms with Crippen molar-refractivity contribution in [2.75, 3.05) is 13.1 Å². The highest BCUT2D eigenvalue weighted by Crippen LogP contribution is 2.22. The summed E-state index contributed by atoms with van der Waals surface area (Å²) in [6.45, 7) is 1.12. The number of nitrogens with zero attached hydrogens (tertiary/aromatic N) is 1. The Hall–Kier alpha value is -1.41. The van der Waals surface area contributed by atoms with Gasteiger partial charge in [0.25, 0.3) is 5.91 Å². The molecule has 1 aliphatic rings. The van der Waals surface area contributed by atoms with Gasteiger partial charge < -0.3 is 9.88 Å². The molecule has 1 aromatic carbocycles. The standard InChI is InChI=1S/C14H16ClN3O3S/c15-10-1-2-12-9(7-10)8-13(16-12)14(19)18-5-3-11(4-6-18)17-22(20)21/h1-2,7-8,11,16-17H,3-6H2,(H,20,21). The largest absolute Gasteiger partial charge is 0.351 e. The molecule has 1 atom stereocenters. The number of piperidine rings is 1. The van der Waals surface area contributed by atoms with E-state index in [1.165, 1.54) is 0 Å². The Bertz CT molecular complexity index is 725. The number of carbonyl (C=O) groups excluding carboxylic acids is 1. The zero-order valence-corrected chi connectivity index (χ0v) is 13.3.